The molecule has 3 heterocycles. The number of fused-ring (bicyclic) bond motifs is 1. The van der Waals surface area contributed by atoms with E-state index in [1.165, 1.54) is 11.8 Å². The van der Waals surface area contributed by atoms with Gasteiger partial charge in [0.05, 0.1) is 17.9 Å². The highest BCUT2D eigenvalue weighted by atomic mass is 32.2. The fraction of sp³-hybridized carbons (Fsp3) is 0.160. The average Bonchev–Trinajstić information content (AvgIpc) is 3.39. The number of aromatic nitrogens is 3. The molecule has 0 aliphatic carbocycles. The number of pyridine rings is 1. The lowest BCUT2D eigenvalue weighted by molar-refractivity contribution is 0.0936. The van der Waals surface area contributed by atoms with Crippen molar-refractivity contribution in [3.8, 4) is 17.2 Å². The summed E-state index contributed by atoms with van der Waals surface area (Å²) in [6, 6.07) is 17.2. The topological polar surface area (TPSA) is 78.3 Å². The number of hydrogen-bond donors (Lipinski definition) is 1. The first kappa shape index (κ1) is 21.1. The highest BCUT2D eigenvalue weighted by molar-refractivity contribution is 7.99. The minimum Gasteiger partial charge on any atom is -0.486 e. The smallest absolute Gasteiger partial charge is 0.254 e. The molecule has 5 rings (SSSR count). The lowest BCUT2D eigenvalue weighted by Crippen LogP contribution is -2.27. The zero-order valence-electron chi connectivity index (χ0n) is 18.0. The third-order valence-electron chi connectivity index (χ3n) is 5.29. The number of carbonyl (C=O) groups excluding carboxylic acids is 1. The molecule has 2 aromatic heterocycles. The van der Waals surface area contributed by atoms with E-state index in [-0.39, 0.29) is 11.9 Å². The molecule has 33 heavy (non-hydrogen) atoms. The van der Waals surface area contributed by atoms with Gasteiger partial charge in [-0.25, -0.2) is 9.97 Å². The zero-order chi connectivity index (χ0) is 22.6. The molecule has 0 radical (unpaired) electrons. The van der Waals surface area contributed by atoms with Gasteiger partial charge in [-0.15, -0.1) is 0 Å². The lowest BCUT2D eigenvalue weighted by Gasteiger charge is -2.19. The number of nitrogens with zero attached hydrogens (tertiary/aromatic N) is 3. The van der Waals surface area contributed by atoms with E-state index in [1.807, 2.05) is 60.2 Å². The van der Waals surface area contributed by atoms with Crippen LogP contribution in [0.15, 0.2) is 89.4 Å². The predicted octanol–water partition coefficient (Wildman–Crippen LogP) is 4.68. The van der Waals surface area contributed by atoms with Gasteiger partial charge < -0.3 is 19.4 Å². The highest BCUT2D eigenvalue weighted by Gasteiger charge is 2.18. The second kappa shape index (κ2) is 9.38. The van der Waals surface area contributed by atoms with Gasteiger partial charge in [0.2, 0.25) is 0 Å². The van der Waals surface area contributed by atoms with Crippen LogP contribution >= 0.6 is 11.8 Å². The minimum atomic E-state index is -0.172. The molecule has 0 saturated heterocycles. The van der Waals surface area contributed by atoms with E-state index in [2.05, 4.69) is 15.3 Å². The Balaban J connectivity index is 1.30. The molecule has 166 valence electrons. The third kappa shape index (κ3) is 4.70. The summed E-state index contributed by atoms with van der Waals surface area (Å²) >= 11 is 1.42. The van der Waals surface area contributed by atoms with Crippen LogP contribution in [0.5, 0.6) is 11.5 Å². The van der Waals surface area contributed by atoms with Crippen molar-refractivity contribution >= 4 is 17.7 Å². The number of hydrogen-bond acceptors (Lipinski definition) is 6. The van der Waals surface area contributed by atoms with Crippen LogP contribution in [0, 0.1) is 0 Å². The number of nitrogens with one attached hydrogen (secondary N) is 1. The SMILES string of the molecule is CC(NC(=O)c1cccnc1Sc1ccc2c(c1)OCCO2)c1ccc(-n2ccnc2)cc1. The Morgan fingerprint density at radius 2 is 1.88 bits per heavy atom. The molecule has 1 atom stereocenters. The van der Waals surface area contributed by atoms with Crippen molar-refractivity contribution in [3.63, 3.8) is 0 Å². The lowest BCUT2D eigenvalue weighted by atomic mass is 10.1. The maximum Gasteiger partial charge on any atom is 0.254 e. The van der Waals surface area contributed by atoms with E-state index in [0.717, 1.165) is 21.9 Å². The molecule has 0 fully saturated rings. The van der Waals surface area contributed by atoms with Crippen LogP contribution in [0.25, 0.3) is 5.69 Å². The van der Waals surface area contributed by atoms with Crippen LogP contribution in [0.3, 0.4) is 0 Å². The monoisotopic (exact) mass is 458 g/mol. The predicted molar refractivity (Wildman–Crippen MR) is 125 cm³/mol. The first-order valence-corrected chi connectivity index (χ1v) is 11.4. The van der Waals surface area contributed by atoms with Gasteiger partial charge in [-0.3, -0.25) is 4.79 Å². The van der Waals surface area contributed by atoms with Crippen molar-refractivity contribution in [2.75, 3.05) is 13.2 Å². The summed E-state index contributed by atoms with van der Waals surface area (Å²) in [5.74, 6) is 1.27. The number of carbonyl (C=O) groups is 1. The van der Waals surface area contributed by atoms with Gasteiger partial charge >= 0.3 is 0 Å². The van der Waals surface area contributed by atoms with Crippen molar-refractivity contribution in [2.24, 2.45) is 0 Å². The summed E-state index contributed by atoms with van der Waals surface area (Å²) in [6.45, 7) is 3.04. The number of benzene rings is 2. The summed E-state index contributed by atoms with van der Waals surface area (Å²) in [6.07, 6.45) is 7.08. The van der Waals surface area contributed by atoms with E-state index in [0.29, 0.717) is 29.6 Å². The number of amides is 1. The maximum absolute atomic E-state index is 13.1. The van der Waals surface area contributed by atoms with Gasteiger partial charge in [0, 0.05) is 29.2 Å². The standard InChI is InChI=1S/C25H22N4O3S/c1-17(18-4-6-19(7-5-18)29-12-11-26-16-29)28-24(30)21-3-2-10-27-25(21)33-20-8-9-22-23(15-20)32-14-13-31-22/h2-12,15-17H,13-14H2,1H3,(H,28,30). The van der Waals surface area contributed by atoms with Crippen molar-refractivity contribution in [3.05, 3.63) is 90.6 Å². The first-order valence-electron chi connectivity index (χ1n) is 10.6. The molecule has 1 aliphatic rings. The number of imidazole rings is 1. The summed E-state index contributed by atoms with van der Waals surface area (Å²) < 4.78 is 13.2. The molecule has 8 heteroatoms. The van der Waals surface area contributed by atoms with Gasteiger partial charge in [-0.05, 0) is 55.0 Å². The van der Waals surface area contributed by atoms with Gasteiger partial charge in [-0.1, -0.05) is 23.9 Å². The van der Waals surface area contributed by atoms with Crippen molar-refractivity contribution in [1.29, 1.82) is 0 Å². The molecule has 7 nitrogen and oxygen atoms in total. The average molecular weight is 459 g/mol. The van der Waals surface area contributed by atoms with Crippen LogP contribution in [-0.2, 0) is 0 Å². The third-order valence-corrected chi connectivity index (χ3v) is 6.30. The van der Waals surface area contributed by atoms with E-state index in [1.54, 1.807) is 30.9 Å². The summed E-state index contributed by atoms with van der Waals surface area (Å²) in [5.41, 5.74) is 2.55. The Morgan fingerprint density at radius 3 is 2.67 bits per heavy atom. The van der Waals surface area contributed by atoms with Crippen LogP contribution in [0.2, 0.25) is 0 Å². The molecule has 2 aromatic carbocycles. The molecule has 4 aromatic rings. The van der Waals surface area contributed by atoms with E-state index in [9.17, 15) is 4.79 Å². The second-order valence-electron chi connectivity index (χ2n) is 7.52. The Kier molecular flexibility index (Phi) is 5.99. The van der Waals surface area contributed by atoms with Gasteiger partial charge in [-0.2, -0.15) is 0 Å². The van der Waals surface area contributed by atoms with Crippen molar-refractivity contribution in [2.45, 2.75) is 22.9 Å². The largest absolute Gasteiger partial charge is 0.486 e. The maximum atomic E-state index is 13.1. The first-order chi connectivity index (χ1) is 16.2. The summed E-state index contributed by atoms with van der Waals surface area (Å²) in [5, 5.41) is 3.72. The van der Waals surface area contributed by atoms with Crippen LogP contribution < -0.4 is 14.8 Å². The highest BCUT2D eigenvalue weighted by Crippen LogP contribution is 2.37. The number of rotatable bonds is 6. The molecule has 1 N–H and O–H groups in total. The van der Waals surface area contributed by atoms with E-state index >= 15 is 0 Å². The van der Waals surface area contributed by atoms with Gasteiger partial charge in [0.15, 0.2) is 11.5 Å². The molecule has 0 saturated carbocycles. The molecule has 0 bridgehead atoms. The Bertz CT molecular complexity index is 1260. The Labute approximate surface area is 195 Å². The van der Waals surface area contributed by atoms with Gasteiger partial charge in [0.1, 0.15) is 18.2 Å². The number of ether oxygens (including phenoxy) is 2. The van der Waals surface area contributed by atoms with E-state index < -0.39 is 0 Å². The molecule has 1 unspecified atom stereocenters. The zero-order valence-corrected chi connectivity index (χ0v) is 18.8. The Hall–Kier alpha value is -3.78. The molecular formula is C25H22N4O3S. The normalized spacial score (nSPS) is 13.4. The Morgan fingerprint density at radius 1 is 1.06 bits per heavy atom. The molecule has 1 amide bonds. The summed E-state index contributed by atoms with van der Waals surface area (Å²) in [4.78, 5) is 22.6. The van der Waals surface area contributed by atoms with Crippen LogP contribution in [-0.4, -0.2) is 33.7 Å². The van der Waals surface area contributed by atoms with Crippen molar-refractivity contribution < 1.29 is 14.3 Å². The summed E-state index contributed by atoms with van der Waals surface area (Å²) in [7, 11) is 0. The molecular weight excluding hydrogens is 436 g/mol. The van der Waals surface area contributed by atoms with Crippen LogP contribution in [0.1, 0.15) is 28.9 Å². The van der Waals surface area contributed by atoms with Crippen molar-refractivity contribution in [1.82, 2.24) is 19.9 Å². The second-order valence-corrected chi connectivity index (χ2v) is 8.58. The van der Waals surface area contributed by atoms with E-state index in [4.69, 9.17) is 9.47 Å². The van der Waals surface area contributed by atoms with Gasteiger partial charge in [0.25, 0.3) is 5.91 Å². The fourth-order valence-electron chi connectivity index (χ4n) is 3.55. The van der Waals surface area contributed by atoms with Crippen LogP contribution in [0.4, 0.5) is 0 Å². The minimum absolute atomic E-state index is 0.165. The quantitative estimate of drug-likeness (QED) is 0.452. The fourth-order valence-corrected chi connectivity index (χ4v) is 4.46. The molecule has 1 aliphatic heterocycles. The molecule has 0 spiro atoms.